The quantitative estimate of drug-likeness (QED) is 0.903. The van der Waals surface area contributed by atoms with Crippen LogP contribution in [0.2, 0.25) is 0 Å². The Bertz CT molecular complexity index is 499. The lowest BCUT2D eigenvalue weighted by molar-refractivity contribution is 0.0640. The molecular weight excluding hydrogens is 332 g/mol. The van der Waals surface area contributed by atoms with Crippen molar-refractivity contribution in [3.8, 4) is 5.75 Å². The van der Waals surface area contributed by atoms with Gasteiger partial charge in [-0.15, -0.1) is 0 Å². The number of ether oxygens (including phenoxy) is 1. The number of nitrogens with two attached hydrogens (primary N) is 1. The predicted octanol–water partition coefficient (Wildman–Crippen LogP) is 3.19. The molecule has 1 aliphatic rings. The van der Waals surface area contributed by atoms with Crippen LogP contribution in [0.15, 0.2) is 22.7 Å². The average molecular weight is 355 g/mol. The summed E-state index contributed by atoms with van der Waals surface area (Å²) in [6, 6.07) is 6.08. The van der Waals surface area contributed by atoms with Crippen LogP contribution >= 0.6 is 15.9 Å². The Labute approximate surface area is 134 Å². The van der Waals surface area contributed by atoms with E-state index in [-0.39, 0.29) is 5.91 Å². The van der Waals surface area contributed by atoms with Crippen molar-refractivity contribution in [2.24, 2.45) is 5.73 Å². The Morgan fingerprint density at radius 1 is 1.38 bits per heavy atom. The van der Waals surface area contributed by atoms with E-state index in [1.54, 1.807) is 7.11 Å². The minimum Gasteiger partial charge on any atom is -0.496 e. The van der Waals surface area contributed by atoms with Gasteiger partial charge in [-0.25, -0.2) is 0 Å². The van der Waals surface area contributed by atoms with Gasteiger partial charge in [0.15, 0.2) is 0 Å². The average Bonchev–Trinajstić information content (AvgIpc) is 2.49. The fraction of sp³-hybridized carbons (Fsp3) is 0.562. The zero-order chi connectivity index (χ0) is 15.4. The van der Waals surface area contributed by atoms with Crippen LogP contribution in [0, 0.1) is 0 Å². The van der Waals surface area contributed by atoms with E-state index in [2.05, 4.69) is 15.9 Å². The summed E-state index contributed by atoms with van der Waals surface area (Å²) in [7, 11) is 1.62. The highest BCUT2D eigenvalue weighted by molar-refractivity contribution is 9.10. The van der Waals surface area contributed by atoms with Crippen molar-refractivity contribution in [3.05, 3.63) is 28.2 Å². The highest BCUT2D eigenvalue weighted by Gasteiger charge is 2.27. The lowest BCUT2D eigenvalue weighted by Crippen LogP contribution is -2.44. The number of benzene rings is 1. The zero-order valence-corrected chi connectivity index (χ0v) is 14.2. The van der Waals surface area contributed by atoms with Crippen LogP contribution in [-0.2, 0) is 0 Å². The fourth-order valence-electron chi connectivity index (χ4n) is 2.95. The van der Waals surface area contributed by atoms with Gasteiger partial charge in [-0.3, -0.25) is 4.79 Å². The molecular formula is C16H23BrN2O2. The molecule has 0 aromatic heterocycles. The van der Waals surface area contributed by atoms with Gasteiger partial charge in [0.1, 0.15) is 5.75 Å². The van der Waals surface area contributed by atoms with E-state index in [0.29, 0.717) is 17.6 Å². The van der Waals surface area contributed by atoms with Crippen molar-refractivity contribution >= 4 is 21.8 Å². The molecule has 0 saturated heterocycles. The molecule has 2 N–H and O–H groups in total. The molecule has 1 saturated carbocycles. The highest BCUT2D eigenvalue weighted by Crippen LogP contribution is 2.28. The number of halogens is 1. The first-order valence-corrected chi connectivity index (χ1v) is 8.26. The molecule has 0 radical (unpaired) electrons. The molecule has 1 aliphatic carbocycles. The lowest BCUT2D eigenvalue weighted by Gasteiger charge is -2.35. The van der Waals surface area contributed by atoms with E-state index in [0.717, 1.165) is 42.5 Å². The van der Waals surface area contributed by atoms with Gasteiger partial charge in [0.2, 0.25) is 0 Å². The van der Waals surface area contributed by atoms with E-state index in [4.69, 9.17) is 10.5 Å². The molecule has 1 amide bonds. The number of carbonyl (C=O) groups is 1. The van der Waals surface area contributed by atoms with Crippen molar-refractivity contribution in [1.82, 2.24) is 4.90 Å². The van der Waals surface area contributed by atoms with Crippen LogP contribution in [0.1, 0.15) is 43.0 Å². The number of nitrogens with zero attached hydrogens (tertiary/aromatic N) is 1. The van der Waals surface area contributed by atoms with E-state index >= 15 is 0 Å². The van der Waals surface area contributed by atoms with Crippen LogP contribution in [0.5, 0.6) is 5.75 Å². The SMILES string of the molecule is CCN(C(=O)c1ccc(OC)c(Br)c1)C1CCC(N)CC1. The van der Waals surface area contributed by atoms with Crippen molar-refractivity contribution < 1.29 is 9.53 Å². The first-order valence-electron chi connectivity index (χ1n) is 7.46. The molecule has 0 heterocycles. The predicted molar refractivity (Wildman–Crippen MR) is 87.6 cm³/mol. The second-order valence-corrected chi connectivity index (χ2v) is 6.36. The summed E-state index contributed by atoms with van der Waals surface area (Å²) in [5.41, 5.74) is 6.65. The minimum absolute atomic E-state index is 0.0846. The second-order valence-electron chi connectivity index (χ2n) is 5.51. The monoisotopic (exact) mass is 354 g/mol. The molecule has 0 spiro atoms. The van der Waals surface area contributed by atoms with E-state index in [1.165, 1.54) is 0 Å². The maximum atomic E-state index is 12.7. The van der Waals surface area contributed by atoms with Crippen LogP contribution in [0.25, 0.3) is 0 Å². The zero-order valence-electron chi connectivity index (χ0n) is 12.6. The Balaban J connectivity index is 2.14. The molecule has 21 heavy (non-hydrogen) atoms. The van der Waals surface area contributed by atoms with E-state index in [9.17, 15) is 4.79 Å². The lowest BCUT2D eigenvalue weighted by atomic mass is 9.90. The van der Waals surface area contributed by atoms with E-state index in [1.807, 2.05) is 30.0 Å². The maximum Gasteiger partial charge on any atom is 0.254 e. The standard InChI is InChI=1S/C16H23BrN2O2/c1-3-19(13-7-5-12(18)6-8-13)16(20)11-4-9-15(21-2)14(17)10-11/h4,9-10,12-13H,3,5-8,18H2,1-2H3. The van der Waals surface area contributed by atoms with Gasteiger partial charge in [-0.05, 0) is 66.7 Å². The summed E-state index contributed by atoms with van der Waals surface area (Å²) in [6.45, 7) is 2.76. The summed E-state index contributed by atoms with van der Waals surface area (Å²) in [5, 5.41) is 0. The van der Waals surface area contributed by atoms with Gasteiger partial charge >= 0.3 is 0 Å². The summed E-state index contributed by atoms with van der Waals surface area (Å²) in [6.07, 6.45) is 4.00. The number of amides is 1. The molecule has 2 rings (SSSR count). The van der Waals surface area contributed by atoms with Crippen LogP contribution in [0.3, 0.4) is 0 Å². The number of rotatable bonds is 4. The van der Waals surface area contributed by atoms with Gasteiger partial charge in [0.25, 0.3) is 5.91 Å². The summed E-state index contributed by atoms with van der Waals surface area (Å²) >= 11 is 3.44. The van der Waals surface area contributed by atoms with Crippen molar-refractivity contribution in [1.29, 1.82) is 0 Å². The smallest absolute Gasteiger partial charge is 0.254 e. The molecule has 1 aromatic carbocycles. The number of hydrogen-bond acceptors (Lipinski definition) is 3. The normalized spacial score (nSPS) is 21.9. The third kappa shape index (κ3) is 3.77. The van der Waals surface area contributed by atoms with Gasteiger partial charge in [-0.2, -0.15) is 0 Å². The van der Waals surface area contributed by atoms with Gasteiger partial charge in [0, 0.05) is 24.2 Å². The number of carbonyl (C=O) groups excluding carboxylic acids is 1. The molecule has 0 unspecified atom stereocenters. The second kappa shape index (κ2) is 7.27. The largest absolute Gasteiger partial charge is 0.496 e. The van der Waals surface area contributed by atoms with Gasteiger partial charge < -0.3 is 15.4 Å². The molecule has 1 aromatic rings. The van der Waals surface area contributed by atoms with Crippen LogP contribution in [-0.4, -0.2) is 36.5 Å². The summed E-state index contributed by atoms with van der Waals surface area (Å²) in [5.74, 6) is 0.819. The Kier molecular flexibility index (Phi) is 5.65. The molecule has 0 bridgehead atoms. The third-order valence-corrected chi connectivity index (χ3v) is 4.80. The first-order chi connectivity index (χ1) is 10.1. The van der Waals surface area contributed by atoms with Crippen molar-refractivity contribution in [2.45, 2.75) is 44.7 Å². The first kappa shape index (κ1) is 16.3. The number of hydrogen-bond donors (Lipinski definition) is 1. The van der Waals surface area contributed by atoms with Gasteiger partial charge in [0.05, 0.1) is 11.6 Å². The molecule has 116 valence electrons. The maximum absolute atomic E-state index is 12.7. The van der Waals surface area contributed by atoms with Gasteiger partial charge in [-0.1, -0.05) is 0 Å². The third-order valence-electron chi connectivity index (χ3n) is 4.18. The summed E-state index contributed by atoms with van der Waals surface area (Å²) < 4.78 is 6.01. The minimum atomic E-state index is 0.0846. The Morgan fingerprint density at radius 3 is 2.57 bits per heavy atom. The Hall–Kier alpha value is -1.07. The topological polar surface area (TPSA) is 55.6 Å². The number of methoxy groups -OCH3 is 1. The summed E-state index contributed by atoms with van der Waals surface area (Å²) in [4.78, 5) is 14.7. The van der Waals surface area contributed by atoms with Crippen molar-refractivity contribution in [2.75, 3.05) is 13.7 Å². The molecule has 5 heteroatoms. The molecule has 0 atom stereocenters. The highest BCUT2D eigenvalue weighted by atomic mass is 79.9. The molecule has 1 fully saturated rings. The van der Waals surface area contributed by atoms with Crippen molar-refractivity contribution in [3.63, 3.8) is 0 Å². The Morgan fingerprint density at radius 2 is 2.05 bits per heavy atom. The van der Waals surface area contributed by atoms with E-state index < -0.39 is 0 Å². The fourth-order valence-corrected chi connectivity index (χ4v) is 3.49. The van der Waals surface area contributed by atoms with Crippen LogP contribution < -0.4 is 10.5 Å². The molecule has 4 nitrogen and oxygen atoms in total. The van der Waals surface area contributed by atoms with Crippen LogP contribution in [0.4, 0.5) is 0 Å². The molecule has 0 aliphatic heterocycles.